The fourth-order valence-electron chi connectivity index (χ4n) is 3.57. The molecule has 2 aromatic carbocycles. The number of carbonyl (C=O) groups excluding carboxylic acids is 2. The Bertz CT molecular complexity index is 748. The van der Waals surface area contributed by atoms with E-state index in [4.69, 9.17) is 0 Å². The lowest BCUT2D eigenvalue weighted by Gasteiger charge is -2.32. The minimum absolute atomic E-state index is 0.0510. The van der Waals surface area contributed by atoms with Gasteiger partial charge in [-0.15, -0.1) is 0 Å². The summed E-state index contributed by atoms with van der Waals surface area (Å²) in [4.78, 5) is 26.4. The number of nitrogens with zero attached hydrogens (tertiary/aromatic N) is 1. The highest BCUT2D eigenvalue weighted by Gasteiger charge is 2.22. The lowest BCUT2D eigenvalue weighted by Crippen LogP contribution is -2.45. The second kappa shape index (κ2) is 9.36. The maximum absolute atomic E-state index is 12.3. The molecule has 1 fully saturated rings. The van der Waals surface area contributed by atoms with Crippen LogP contribution in [0.1, 0.15) is 40.7 Å². The van der Waals surface area contributed by atoms with Gasteiger partial charge in [-0.05, 0) is 37.7 Å². The lowest BCUT2D eigenvalue weighted by atomic mass is 9.90. The summed E-state index contributed by atoms with van der Waals surface area (Å²) >= 11 is 0. The van der Waals surface area contributed by atoms with Crippen LogP contribution in [0.5, 0.6) is 0 Å². The molecule has 0 aliphatic carbocycles. The second-order valence-corrected chi connectivity index (χ2v) is 7.39. The van der Waals surface area contributed by atoms with E-state index in [9.17, 15) is 9.59 Å². The number of benzene rings is 2. The first-order valence-electron chi connectivity index (χ1n) is 9.78. The van der Waals surface area contributed by atoms with Crippen molar-refractivity contribution in [2.24, 2.45) is 5.92 Å². The molecule has 0 spiro atoms. The largest absolute Gasteiger partial charge is 0.338 e. The second-order valence-electron chi connectivity index (χ2n) is 7.39. The zero-order chi connectivity index (χ0) is 19.1. The summed E-state index contributed by atoms with van der Waals surface area (Å²) in [7, 11) is 0. The molecule has 1 aliphatic rings. The minimum Gasteiger partial charge on any atom is -0.338 e. The Labute approximate surface area is 161 Å². The van der Waals surface area contributed by atoms with Crippen LogP contribution in [0, 0.1) is 12.8 Å². The van der Waals surface area contributed by atoms with Gasteiger partial charge < -0.3 is 10.2 Å². The molecular weight excluding hydrogens is 336 g/mol. The molecule has 3 rings (SSSR count). The van der Waals surface area contributed by atoms with Crippen molar-refractivity contribution >= 4 is 11.8 Å². The van der Waals surface area contributed by atoms with Crippen LogP contribution in [0.2, 0.25) is 0 Å². The van der Waals surface area contributed by atoms with Crippen LogP contribution in [-0.2, 0) is 6.42 Å². The van der Waals surface area contributed by atoms with Gasteiger partial charge in [0.05, 0.1) is 0 Å². The third-order valence-electron chi connectivity index (χ3n) is 5.27. The standard InChI is InChI=1S/C23H28N2O2/c1-18-7-9-21(10-8-18)22(26)11-14-24-23(27)25-15-12-20(13-16-25)17-19-5-3-2-4-6-19/h2-10,20H,11-17H2,1H3,(H,24,27). The van der Waals surface area contributed by atoms with Gasteiger partial charge in [0.15, 0.2) is 5.78 Å². The van der Waals surface area contributed by atoms with Crippen LogP contribution in [0.3, 0.4) is 0 Å². The number of ketones is 1. The molecule has 0 aromatic heterocycles. The first-order chi connectivity index (χ1) is 13.1. The predicted octanol–water partition coefficient (Wildman–Crippen LogP) is 4.23. The number of carbonyl (C=O) groups is 2. The number of aryl methyl sites for hydroxylation is 1. The zero-order valence-electron chi connectivity index (χ0n) is 16.0. The van der Waals surface area contributed by atoms with Gasteiger partial charge in [0, 0.05) is 31.6 Å². The number of hydrogen-bond donors (Lipinski definition) is 1. The minimum atomic E-state index is -0.0510. The van der Waals surface area contributed by atoms with E-state index in [-0.39, 0.29) is 11.8 Å². The molecule has 1 aliphatic heterocycles. The molecule has 1 saturated heterocycles. The van der Waals surface area contributed by atoms with Gasteiger partial charge in [-0.2, -0.15) is 0 Å². The van der Waals surface area contributed by atoms with E-state index in [2.05, 4.69) is 29.6 Å². The normalized spacial score (nSPS) is 14.8. The molecule has 1 heterocycles. The maximum atomic E-state index is 12.3. The van der Waals surface area contributed by atoms with Crippen molar-refractivity contribution in [1.29, 1.82) is 0 Å². The Balaban J connectivity index is 1.37. The third-order valence-corrected chi connectivity index (χ3v) is 5.27. The van der Waals surface area contributed by atoms with Crippen LogP contribution < -0.4 is 5.32 Å². The summed E-state index contributed by atoms with van der Waals surface area (Å²) in [5.74, 6) is 0.705. The molecule has 4 nitrogen and oxygen atoms in total. The van der Waals surface area contributed by atoms with Crippen molar-refractivity contribution in [3.63, 3.8) is 0 Å². The van der Waals surface area contributed by atoms with Crippen LogP contribution in [0.15, 0.2) is 54.6 Å². The van der Waals surface area contributed by atoms with Gasteiger partial charge in [-0.1, -0.05) is 60.2 Å². The Kier molecular flexibility index (Phi) is 6.64. The van der Waals surface area contributed by atoms with Gasteiger partial charge in [0.25, 0.3) is 0 Å². The fourth-order valence-corrected chi connectivity index (χ4v) is 3.57. The fraction of sp³-hybridized carbons (Fsp3) is 0.391. The Morgan fingerprint density at radius 2 is 1.67 bits per heavy atom. The summed E-state index contributed by atoms with van der Waals surface area (Å²) < 4.78 is 0. The van der Waals surface area contributed by atoms with E-state index in [1.54, 1.807) is 0 Å². The Morgan fingerprint density at radius 3 is 2.33 bits per heavy atom. The van der Waals surface area contributed by atoms with E-state index >= 15 is 0 Å². The molecule has 0 bridgehead atoms. The SMILES string of the molecule is Cc1ccc(C(=O)CCNC(=O)N2CCC(Cc3ccccc3)CC2)cc1. The molecule has 27 heavy (non-hydrogen) atoms. The molecule has 2 aromatic rings. The molecule has 4 heteroatoms. The summed E-state index contributed by atoms with van der Waals surface area (Å²) in [6.07, 6.45) is 3.48. The predicted molar refractivity (Wildman–Crippen MR) is 108 cm³/mol. The molecule has 142 valence electrons. The molecule has 0 saturated carbocycles. The number of Topliss-reactive ketones (excluding diaryl/α,β-unsaturated/α-hetero) is 1. The zero-order valence-corrected chi connectivity index (χ0v) is 16.0. The summed E-state index contributed by atoms with van der Waals surface area (Å²) in [5.41, 5.74) is 3.21. The van der Waals surface area contributed by atoms with Crippen LogP contribution in [-0.4, -0.2) is 36.3 Å². The van der Waals surface area contributed by atoms with Crippen molar-refractivity contribution in [3.05, 3.63) is 71.3 Å². The maximum Gasteiger partial charge on any atom is 0.317 e. The summed E-state index contributed by atoms with van der Waals surface area (Å²) in [6, 6.07) is 18.1. The molecule has 2 amide bonds. The monoisotopic (exact) mass is 364 g/mol. The summed E-state index contributed by atoms with van der Waals surface area (Å²) in [6.45, 7) is 3.96. The van der Waals surface area contributed by atoms with E-state index in [1.807, 2.05) is 42.2 Å². The molecular formula is C23H28N2O2. The molecule has 0 radical (unpaired) electrons. The highest BCUT2D eigenvalue weighted by atomic mass is 16.2. The van der Waals surface area contributed by atoms with Crippen molar-refractivity contribution in [1.82, 2.24) is 10.2 Å². The van der Waals surface area contributed by atoms with E-state index in [0.717, 1.165) is 37.9 Å². The average molecular weight is 364 g/mol. The molecule has 0 unspecified atom stereocenters. The smallest absolute Gasteiger partial charge is 0.317 e. The van der Waals surface area contributed by atoms with Gasteiger partial charge in [-0.3, -0.25) is 4.79 Å². The van der Waals surface area contributed by atoms with Crippen molar-refractivity contribution in [2.45, 2.75) is 32.6 Å². The van der Waals surface area contributed by atoms with Gasteiger partial charge in [0.2, 0.25) is 0 Å². The van der Waals surface area contributed by atoms with Crippen molar-refractivity contribution in [3.8, 4) is 0 Å². The van der Waals surface area contributed by atoms with Gasteiger partial charge >= 0.3 is 6.03 Å². The lowest BCUT2D eigenvalue weighted by molar-refractivity contribution is 0.0982. The highest BCUT2D eigenvalue weighted by Crippen LogP contribution is 2.21. The number of hydrogen-bond acceptors (Lipinski definition) is 2. The summed E-state index contributed by atoms with van der Waals surface area (Å²) in [5, 5.41) is 2.90. The Morgan fingerprint density at radius 1 is 1.00 bits per heavy atom. The van der Waals surface area contributed by atoms with E-state index in [1.165, 1.54) is 5.56 Å². The number of amides is 2. The molecule has 1 N–H and O–H groups in total. The molecule has 0 atom stereocenters. The number of urea groups is 1. The number of nitrogens with one attached hydrogen (secondary N) is 1. The van der Waals surface area contributed by atoms with Gasteiger partial charge in [-0.25, -0.2) is 4.79 Å². The van der Waals surface area contributed by atoms with Crippen LogP contribution >= 0.6 is 0 Å². The quantitative estimate of drug-likeness (QED) is 0.780. The van der Waals surface area contributed by atoms with E-state index < -0.39 is 0 Å². The van der Waals surface area contributed by atoms with Gasteiger partial charge in [0.1, 0.15) is 0 Å². The number of likely N-dealkylation sites (tertiary alicyclic amines) is 1. The first kappa shape index (κ1) is 19.2. The van der Waals surface area contributed by atoms with Crippen LogP contribution in [0.25, 0.3) is 0 Å². The number of rotatable bonds is 6. The van der Waals surface area contributed by atoms with Crippen molar-refractivity contribution in [2.75, 3.05) is 19.6 Å². The third kappa shape index (κ3) is 5.68. The first-order valence-corrected chi connectivity index (χ1v) is 9.78. The Hall–Kier alpha value is -2.62. The van der Waals surface area contributed by atoms with Crippen molar-refractivity contribution < 1.29 is 9.59 Å². The topological polar surface area (TPSA) is 49.4 Å². The van der Waals surface area contributed by atoms with Crippen LogP contribution in [0.4, 0.5) is 4.79 Å². The highest BCUT2D eigenvalue weighted by molar-refractivity contribution is 5.96. The average Bonchev–Trinajstić information content (AvgIpc) is 2.69. The van der Waals surface area contributed by atoms with E-state index in [0.29, 0.717) is 24.4 Å². The number of piperidine rings is 1.